The van der Waals surface area contributed by atoms with Gasteiger partial charge in [0.25, 0.3) is 0 Å². The van der Waals surface area contributed by atoms with Crippen molar-refractivity contribution in [3.8, 4) is 0 Å². The third-order valence-corrected chi connectivity index (χ3v) is 5.40. The van der Waals surface area contributed by atoms with E-state index in [1.807, 2.05) is 11.8 Å². The summed E-state index contributed by atoms with van der Waals surface area (Å²) in [6, 6.07) is -0.148. The molecule has 0 bridgehead atoms. The monoisotopic (exact) mass is 332 g/mol. The maximum absolute atomic E-state index is 13.0. The first-order valence-corrected chi connectivity index (χ1v) is 9.08. The lowest BCUT2D eigenvalue weighted by molar-refractivity contribution is -0.151. The van der Waals surface area contributed by atoms with Crippen molar-refractivity contribution in [1.82, 2.24) is 19.7 Å². The fourth-order valence-corrected chi connectivity index (χ4v) is 3.90. The molecule has 1 aromatic heterocycles. The van der Waals surface area contributed by atoms with Crippen molar-refractivity contribution in [2.75, 3.05) is 19.7 Å². The topological polar surface area (TPSA) is 77.3 Å². The van der Waals surface area contributed by atoms with Crippen LogP contribution >= 0.6 is 0 Å². The molecule has 1 saturated carbocycles. The second-order valence-electron chi connectivity index (χ2n) is 7.02. The first kappa shape index (κ1) is 15.6. The fourth-order valence-electron chi connectivity index (χ4n) is 3.90. The predicted molar refractivity (Wildman–Crippen MR) is 85.3 cm³/mol. The SMILES string of the molecule is CCOC(=O)C1CCN(C(=O)C2CCc3nnc(C4CC4)n32)CC1. The van der Waals surface area contributed by atoms with Crippen LogP contribution in [0.4, 0.5) is 0 Å². The number of fused-ring (bicyclic) bond motifs is 1. The van der Waals surface area contributed by atoms with Crippen molar-refractivity contribution in [2.45, 2.75) is 57.4 Å². The van der Waals surface area contributed by atoms with E-state index in [-0.39, 0.29) is 23.8 Å². The number of esters is 1. The van der Waals surface area contributed by atoms with E-state index in [9.17, 15) is 9.59 Å². The molecule has 3 heterocycles. The number of likely N-dealkylation sites (tertiary alicyclic amines) is 1. The van der Waals surface area contributed by atoms with Gasteiger partial charge in [0.05, 0.1) is 12.5 Å². The molecule has 1 unspecified atom stereocenters. The molecule has 4 rings (SSSR count). The number of nitrogens with zero attached hydrogens (tertiary/aromatic N) is 4. The number of amides is 1. The van der Waals surface area contributed by atoms with Gasteiger partial charge >= 0.3 is 5.97 Å². The van der Waals surface area contributed by atoms with Crippen LogP contribution in [0.5, 0.6) is 0 Å². The average molecular weight is 332 g/mol. The summed E-state index contributed by atoms with van der Waals surface area (Å²) in [6.07, 6.45) is 5.36. The first-order valence-electron chi connectivity index (χ1n) is 9.08. The second kappa shape index (κ2) is 6.18. The normalized spacial score (nSPS) is 24.0. The highest BCUT2D eigenvalue weighted by molar-refractivity contribution is 5.81. The number of carbonyl (C=O) groups excluding carboxylic acids is 2. The zero-order chi connectivity index (χ0) is 16.7. The largest absolute Gasteiger partial charge is 0.466 e. The quantitative estimate of drug-likeness (QED) is 0.780. The Kier molecular flexibility index (Phi) is 4.02. The van der Waals surface area contributed by atoms with Crippen molar-refractivity contribution in [2.24, 2.45) is 5.92 Å². The lowest BCUT2D eigenvalue weighted by Crippen LogP contribution is -2.43. The Hall–Kier alpha value is -1.92. The van der Waals surface area contributed by atoms with Gasteiger partial charge in [-0.3, -0.25) is 9.59 Å². The minimum Gasteiger partial charge on any atom is -0.466 e. The average Bonchev–Trinajstić information content (AvgIpc) is 3.22. The molecule has 130 valence electrons. The predicted octanol–water partition coefficient (Wildman–Crippen LogP) is 1.44. The Morgan fingerprint density at radius 2 is 1.88 bits per heavy atom. The van der Waals surface area contributed by atoms with E-state index < -0.39 is 0 Å². The number of aromatic nitrogens is 3. The molecule has 1 atom stereocenters. The van der Waals surface area contributed by atoms with Crippen molar-refractivity contribution in [3.63, 3.8) is 0 Å². The molecule has 1 aliphatic carbocycles. The van der Waals surface area contributed by atoms with Gasteiger partial charge in [0.15, 0.2) is 0 Å². The van der Waals surface area contributed by atoms with E-state index in [0.29, 0.717) is 38.5 Å². The third-order valence-electron chi connectivity index (χ3n) is 5.40. The highest BCUT2D eigenvalue weighted by Gasteiger charge is 2.40. The van der Waals surface area contributed by atoms with Crippen LogP contribution in [0.15, 0.2) is 0 Å². The van der Waals surface area contributed by atoms with Gasteiger partial charge in [0, 0.05) is 25.4 Å². The number of hydrogen-bond acceptors (Lipinski definition) is 5. The van der Waals surface area contributed by atoms with Crippen LogP contribution in [0.3, 0.4) is 0 Å². The molecule has 2 aliphatic heterocycles. The number of piperidine rings is 1. The van der Waals surface area contributed by atoms with Crippen LogP contribution in [0.25, 0.3) is 0 Å². The number of hydrogen-bond donors (Lipinski definition) is 0. The molecular formula is C17H24N4O3. The van der Waals surface area contributed by atoms with E-state index in [1.165, 1.54) is 0 Å². The molecule has 1 amide bonds. The van der Waals surface area contributed by atoms with Crippen LogP contribution in [-0.2, 0) is 20.7 Å². The Morgan fingerprint density at radius 1 is 1.12 bits per heavy atom. The number of rotatable bonds is 4. The van der Waals surface area contributed by atoms with Crippen molar-refractivity contribution >= 4 is 11.9 Å². The molecule has 0 N–H and O–H groups in total. The minimum absolute atomic E-state index is 0.0647. The molecular weight excluding hydrogens is 308 g/mol. The number of carbonyl (C=O) groups is 2. The Labute approximate surface area is 141 Å². The van der Waals surface area contributed by atoms with Gasteiger partial charge in [-0.1, -0.05) is 0 Å². The molecule has 1 aromatic rings. The van der Waals surface area contributed by atoms with Gasteiger partial charge in [-0.25, -0.2) is 0 Å². The molecule has 1 saturated heterocycles. The summed E-state index contributed by atoms with van der Waals surface area (Å²) in [7, 11) is 0. The Balaban J connectivity index is 1.42. The molecule has 0 aromatic carbocycles. The smallest absolute Gasteiger partial charge is 0.309 e. The molecule has 0 spiro atoms. The van der Waals surface area contributed by atoms with Gasteiger partial charge in [0.1, 0.15) is 17.7 Å². The third kappa shape index (κ3) is 2.70. The fraction of sp³-hybridized carbons (Fsp3) is 0.765. The van der Waals surface area contributed by atoms with Gasteiger partial charge in [-0.15, -0.1) is 10.2 Å². The maximum atomic E-state index is 13.0. The summed E-state index contributed by atoms with van der Waals surface area (Å²) in [5.41, 5.74) is 0. The van der Waals surface area contributed by atoms with E-state index in [4.69, 9.17) is 4.74 Å². The van der Waals surface area contributed by atoms with Crippen LogP contribution in [0.2, 0.25) is 0 Å². The summed E-state index contributed by atoms with van der Waals surface area (Å²) in [6.45, 7) is 3.51. The Morgan fingerprint density at radius 3 is 2.54 bits per heavy atom. The number of ether oxygens (including phenoxy) is 1. The van der Waals surface area contributed by atoms with Crippen molar-refractivity contribution < 1.29 is 14.3 Å². The van der Waals surface area contributed by atoms with Crippen molar-refractivity contribution in [3.05, 3.63) is 11.6 Å². The first-order chi connectivity index (χ1) is 11.7. The summed E-state index contributed by atoms with van der Waals surface area (Å²) in [5.74, 6) is 2.43. The number of aryl methyl sites for hydroxylation is 1. The lowest BCUT2D eigenvalue weighted by atomic mass is 9.96. The van der Waals surface area contributed by atoms with E-state index in [2.05, 4.69) is 14.8 Å². The Bertz CT molecular complexity index is 644. The van der Waals surface area contributed by atoms with Gasteiger partial charge in [-0.05, 0) is 39.0 Å². The van der Waals surface area contributed by atoms with Gasteiger partial charge in [0.2, 0.25) is 5.91 Å². The van der Waals surface area contributed by atoms with Gasteiger partial charge in [-0.2, -0.15) is 0 Å². The molecule has 3 aliphatic rings. The van der Waals surface area contributed by atoms with Crippen LogP contribution in [0.1, 0.15) is 62.6 Å². The standard InChI is InChI=1S/C17H24N4O3/c1-2-24-17(23)12-7-9-20(10-8-12)16(22)13-5-6-14-18-19-15(21(13)14)11-3-4-11/h11-13H,2-10H2,1H3. The summed E-state index contributed by atoms with van der Waals surface area (Å²) in [5, 5.41) is 8.59. The summed E-state index contributed by atoms with van der Waals surface area (Å²) < 4.78 is 7.19. The second-order valence-corrected chi connectivity index (χ2v) is 7.02. The zero-order valence-corrected chi connectivity index (χ0v) is 14.1. The van der Waals surface area contributed by atoms with Crippen LogP contribution in [0, 0.1) is 5.92 Å². The van der Waals surface area contributed by atoms with Crippen LogP contribution in [-0.4, -0.2) is 51.2 Å². The summed E-state index contributed by atoms with van der Waals surface area (Å²) >= 11 is 0. The van der Waals surface area contributed by atoms with Crippen molar-refractivity contribution in [1.29, 1.82) is 0 Å². The molecule has 24 heavy (non-hydrogen) atoms. The zero-order valence-electron chi connectivity index (χ0n) is 14.1. The highest BCUT2D eigenvalue weighted by Crippen LogP contribution is 2.42. The molecule has 0 radical (unpaired) electrons. The summed E-state index contributed by atoms with van der Waals surface area (Å²) in [4.78, 5) is 26.7. The van der Waals surface area contributed by atoms with Crippen LogP contribution < -0.4 is 0 Å². The highest BCUT2D eigenvalue weighted by atomic mass is 16.5. The van der Waals surface area contributed by atoms with Gasteiger partial charge < -0.3 is 14.2 Å². The van der Waals surface area contributed by atoms with E-state index >= 15 is 0 Å². The molecule has 7 heteroatoms. The minimum atomic E-state index is -0.148. The van der Waals surface area contributed by atoms with E-state index in [0.717, 1.165) is 37.3 Å². The molecule has 7 nitrogen and oxygen atoms in total. The molecule has 2 fully saturated rings. The lowest BCUT2D eigenvalue weighted by Gasteiger charge is -2.33. The maximum Gasteiger partial charge on any atom is 0.309 e. The van der Waals surface area contributed by atoms with E-state index in [1.54, 1.807) is 0 Å².